The molecule has 4 rings (SSSR count). The average molecular weight is 302 g/mol. The lowest BCUT2D eigenvalue weighted by Crippen LogP contribution is -2.49. The first-order valence-corrected chi connectivity index (χ1v) is 8.40. The summed E-state index contributed by atoms with van der Waals surface area (Å²) >= 11 is 0. The Bertz CT molecular complexity index is 561. The van der Waals surface area contributed by atoms with Gasteiger partial charge in [0.15, 0.2) is 0 Å². The van der Waals surface area contributed by atoms with Crippen molar-refractivity contribution in [1.29, 1.82) is 0 Å². The summed E-state index contributed by atoms with van der Waals surface area (Å²) < 4.78 is 13.0. The first-order chi connectivity index (χ1) is 10.6. The highest BCUT2D eigenvalue weighted by atomic mass is 19.1. The van der Waals surface area contributed by atoms with Gasteiger partial charge in [0, 0.05) is 31.1 Å². The number of hydrogen-bond donors (Lipinski definition) is 1. The van der Waals surface area contributed by atoms with Gasteiger partial charge in [0.05, 0.1) is 0 Å². The van der Waals surface area contributed by atoms with Crippen LogP contribution in [0.1, 0.15) is 43.6 Å². The van der Waals surface area contributed by atoms with E-state index in [1.165, 1.54) is 25.0 Å². The van der Waals surface area contributed by atoms with E-state index in [2.05, 4.69) is 5.32 Å². The topological polar surface area (TPSA) is 32.3 Å². The van der Waals surface area contributed by atoms with Gasteiger partial charge in [-0.3, -0.25) is 4.79 Å². The fourth-order valence-electron chi connectivity index (χ4n) is 4.33. The molecule has 4 unspecified atom stereocenters. The molecule has 2 bridgehead atoms. The van der Waals surface area contributed by atoms with Gasteiger partial charge < -0.3 is 10.2 Å². The van der Waals surface area contributed by atoms with Crippen LogP contribution in [-0.2, 0) is 4.79 Å². The summed E-state index contributed by atoms with van der Waals surface area (Å²) in [7, 11) is 1.97. The maximum absolute atomic E-state index is 13.0. The minimum absolute atomic E-state index is 0.100. The van der Waals surface area contributed by atoms with Crippen molar-refractivity contribution in [1.82, 2.24) is 10.2 Å². The maximum atomic E-state index is 13.0. The number of nitrogens with zero attached hydrogens (tertiary/aromatic N) is 1. The van der Waals surface area contributed by atoms with E-state index in [9.17, 15) is 9.18 Å². The van der Waals surface area contributed by atoms with E-state index in [-0.39, 0.29) is 23.6 Å². The SMILES string of the molecule is CN(C(=O)C1CC1c1ccc(F)cc1)C1CC2CCC(C1)N2. The molecule has 1 N–H and O–H groups in total. The molecule has 2 saturated heterocycles. The second-order valence-corrected chi connectivity index (χ2v) is 7.21. The molecular weight excluding hydrogens is 279 g/mol. The average Bonchev–Trinajstić information content (AvgIpc) is 3.26. The molecule has 1 aromatic rings. The zero-order valence-corrected chi connectivity index (χ0v) is 13.0. The van der Waals surface area contributed by atoms with E-state index in [4.69, 9.17) is 0 Å². The quantitative estimate of drug-likeness (QED) is 0.931. The molecule has 4 atom stereocenters. The normalized spacial score (nSPS) is 36.2. The largest absolute Gasteiger partial charge is 0.342 e. The highest BCUT2D eigenvalue weighted by Crippen LogP contribution is 2.48. The highest BCUT2D eigenvalue weighted by Gasteiger charge is 2.47. The second kappa shape index (κ2) is 5.34. The molecule has 1 aromatic carbocycles. The predicted molar refractivity (Wildman–Crippen MR) is 83.0 cm³/mol. The van der Waals surface area contributed by atoms with Crippen molar-refractivity contribution >= 4 is 5.91 Å². The van der Waals surface area contributed by atoms with Crippen molar-refractivity contribution in [3.05, 3.63) is 35.6 Å². The molecule has 2 heterocycles. The first kappa shape index (κ1) is 14.2. The van der Waals surface area contributed by atoms with Crippen molar-refractivity contribution in [3.8, 4) is 0 Å². The Kier molecular flexibility index (Phi) is 3.44. The molecule has 2 aliphatic heterocycles. The van der Waals surface area contributed by atoms with Crippen LogP contribution in [0.4, 0.5) is 4.39 Å². The maximum Gasteiger partial charge on any atom is 0.226 e. The third-order valence-corrected chi connectivity index (χ3v) is 5.75. The minimum atomic E-state index is -0.213. The van der Waals surface area contributed by atoms with Crippen LogP contribution in [0.3, 0.4) is 0 Å². The van der Waals surface area contributed by atoms with Crippen LogP contribution in [0.2, 0.25) is 0 Å². The van der Waals surface area contributed by atoms with Crippen molar-refractivity contribution in [2.24, 2.45) is 5.92 Å². The van der Waals surface area contributed by atoms with Gasteiger partial charge in [0.2, 0.25) is 5.91 Å². The fourth-order valence-corrected chi connectivity index (χ4v) is 4.33. The number of amides is 1. The lowest BCUT2D eigenvalue weighted by Gasteiger charge is -2.35. The molecule has 3 nitrogen and oxygen atoms in total. The number of piperidine rings is 1. The molecule has 0 spiro atoms. The van der Waals surface area contributed by atoms with Crippen LogP contribution in [0, 0.1) is 11.7 Å². The number of hydrogen-bond acceptors (Lipinski definition) is 2. The molecule has 1 aliphatic carbocycles. The molecule has 3 fully saturated rings. The summed E-state index contributed by atoms with van der Waals surface area (Å²) in [4.78, 5) is 14.7. The van der Waals surface area contributed by atoms with Crippen molar-refractivity contribution < 1.29 is 9.18 Å². The summed E-state index contributed by atoms with van der Waals surface area (Å²) in [5.41, 5.74) is 1.10. The third kappa shape index (κ3) is 2.54. The van der Waals surface area contributed by atoms with Crippen LogP contribution in [0.5, 0.6) is 0 Å². The molecule has 4 heteroatoms. The van der Waals surface area contributed by atoms with Gasteiger partial charge in [-0.1, -0.05) is 12.1 Å². The number of nitrogens with one attached hydrogen (secondary N) is 1. The van der Waals surface area contributed by atoms with Crippen LogP contribution >= 0.6 is 0 Å². The standard InChI is InChI=1S/C18H23FN2O/c1-21(15-8-13-6-7-14(9-15)20-13)18(22)17-10-16(17)11-2-4-12(19)5-3-11/h2-5,13-17,20H,6-10H2,1H3. The number of carbonyl (C=O) groups is 1. The number of fused-ring (bicyclic) bond motifs is 2. The third-order valence-electron chi connectivity index (χ3n) is 5.75. The van der Waals surface area contributed by atoms with E-state index in [0.717, 1.165) is 24.8 Å². The molecular formula is C18H23FN2O. The van der Waals surface area contributed by atoms with Crippen LogP contribution in [0.25, 0.3) is 0 Å². The lowest BCUT2D eigenvalue weighted by atomic mass is 9.98. The molecule has 1 amide bonds. The second-order valence-electron chi connectivity index (χ2n) is 7.21. The van der Waals surface area contributed by atoms with Gasteiger partial charge in [0.25, 0.3) is 0 Å². The Balaban J connectivity index is 1.39. The van der Waals surface area contributed by atoms with Gasteiger partial charge in [-0.25, -0.2) is 4.39 Å². The fraction of sp³-hybridized carbons (Fsp3) is 0.611. The molecule has 118 valence electrons. The Hall–Kier alpha value is -1.42. The number of rotatable bonds is 3. The number of halogens is 1. The van der Waals surface area contributed by atoms with Gasteiger partial charge >= 0.3 is 0 Å². The number of carbonyl (C=O) groups excluding carboxylic acids is 1. The highest BCUT2D eigenvalue weighted by molar-refractivity contribution is 5.83. The lowest BCUT2D eigenvalue weighted by molar-refractivity contribution is -0.134. The Labute approximate surface area is 130 Å². The smallest absolute Gasteiger partial charge is 0.226 e. The van der Waals surface area contributed by atoms with Gasteiger partial charge in [0.1, 0.15) is 5.82 Å². The summed E-state index contributed by atoms with van der Waals surface area (Å²) in [6, 6.07) is 8.21. The zero-order valence-electron chi connectivity index (χ0n) is 13.0. The Morgan fingerprint density at radius 2 is 1.77 bits per heavy atom. The van der Waals surface area contributed by atoms with E-state index >= 15 is 0 Å². The molecule has 3 aliphatic rings. The summed E-state index contributed by atoms with van der Waals surface area (Å²) in [5.74, 6) is 0.451. The van der Waals surface area contributed by atoms with E-state index in [1.54, 1.807) is 0 Å². The summed E-state index contributed by atoms with van der Waals surface area (Å²) in [5, 5.41) is 3.63. The van der Waals surface area contributed by atoms with Crippen LogP contribution in [-0.4, -0.2) is 36.0 Å². The zero-order chi connectivity index (χ0) is 15.3. The van der Waals surface area contributed by atoms with E-state index < -0.39 is 0 Å². The molecule has 0 aromatic heterocycles. The summed E-state index contributed by atoms with van der Waals surface area (Å²) in [6.07, 6.45) is 5.60. The predicted octanol–water partition coefficient (Wildman–Crippen LogP) is 2.67. The Morgan fingerprint density at radius 1 is 1.14 bits per heavy atom. The molecule has 1 saturated carbocycles. The van der Waals surface area contributed by atoms with Crippen molar-refractivity contribution in [2.45, 2.75) is 56.1 Å². The van der Waals surface area contributed by atoms with E-state index in [0.29, 0.717) is 18.1 Å². The summed E-state index contributed by atoms with van der Waals surface area (Å²) in [6.45, 7) is 0. The van der Waals surface area contributed by atoms with E-state index in [1.807, 2.05) is 24.1 Å². The van der Waals surface area contributed by atoms with Gasteiger partial charge in [-0.2, -0.15) is 0 Å². The molecule has 0 radical (unpaired) electrons. The van der Waals surface area contributed by atoms with Gasteiger partial charge in [-0.05, 0) is 55.7 Å². The molecule has 22 heavy (non-hydrogen) atoms. The van der Waals surface area contributed by atoms with Crippen molar-refractivity contribution in [3.63, 3.8) is 0 Å². The minimum Gasteiger partial charge on any atom is -0.342 e. The van der Waals surface area contributed by atoms with Crippen molar-refractivity contribution in [2.75, 3.05) is 7.05 Å². The van der Waals surface area contributed by atoms with Crippen LogP contribution in [0.15, 0.2) is 24.3 Å². The van der Waals surface area contributed by atoms with Crippen LogP contribution < -0.4 is 5.32 Å². The monoisotopic (exact) mass is 302 g/mol. The first-order valence-electron chi connectivity index (χ1n) is 8.40. The Morgan fingerprint density at radius 3 is 2.41 bits per heavy atom. The van der Waals surface area contributed by atoms with Gasteiger partial charge in [-0.15, -0.1) is 0 Å². The number of benzene rings is 1.